The van der Waals surface area contributed by atoms with Gasteiger partial charge >= 0.3 is 0 Å². The Morgan fingerprint density at radius 2 is 2.15 bits per heavy atom. The molecule has 1 fully saturated rings. The Morgan fingerprint density at radius 3 is 3.04 bits per heavy atom. The van der Waals surface area contributed by atoms with Crippen molar-refractivity contribution in [3.8, 4) is 5.75 Å². The van der Waals surface area contributed by atoms with Gasteiger partial charge in [-0.1, -0.05) is 18.2 Å². The average Bonchev–Trinajstić information content (AvgIpc) is 3.34. The Hall–Kier alpha value is -2.95. The molecule has 134 valence electrons. The predicted octanol–water partition coefficient (Wildman–Crippen LogP) is 3.43. The highest BCUT2D eigenvalue weighted by Gasteiger charge is 2.25. The molecule has 1 aliphatic heterocycles. The summed E-state index contributed by atoms with van der Waals surface area (Å²) in [6, 6.07) is 15.8. The number of hydrogen-bond acceptors (Lipinski definition) is 3. The minimum atomic E-state index is -0.0164. The molecule has 1 saturated heterocycles. The molecular formula is C21H23N3O2. The van der Waals surface area contributed by atoms with Crippen LogP contribution >= 0.6 is 0 Å². The van der Waals surface area contributed by atoms with Crippen LogP contribution in [0.5, 0.6) is 5.75 Å². The van der Waals surface area contributed by atoms with Gasteiger partial charge in [0, 0.05) is 36.9 Å². The Morgan fingerprint density at radius 1 is 1.27 bits per heavy atom. The number of anilines is 1. The van der Waals surface area contributed by atoms with Crippen molar-refractivity contribution < 1.29 is 9.53 Å². The number of ether oxygens (including phenoxy) is 1. The molecule has 0 bridgehead atoms. The molecule has 26 heavy (non-hydrogen) atoms. The summed E-state index contributed by atoms with van der Waals surface area (Å²) in [5.74, 6) is 1.33. The number of aromatic nitrogens is 1. The van der Waals surface area contributed by atoms with E-state index in [2.05, 4.69) is 21.3 Å². The number of aromatic amines is 1. The van der Waals surface area contributed by atoms with Crippen LogP contribution in [0.25, 0.3) is 10.9 Å². The molecule has 1 amide bonds. The second kappa shape index (κ2) is 7.12. The molecule has 0 aliphatic carbocycles. The van der Waals surface area contributed by atoms with Crippen LogP contribution in [0.2, 0.25) is 0 Å². The van der Waals surface area contributed by atoms with E-state index >= 15 is 0 Å². The lowest BCUT2D eigenvalue weighted by Crippen LogP contribution is -2.31. The normalized spacial score (nSPS) is 16.8. The van der Waals surface area contributed by atoms with Gasteiger partial charge in [-0.05, 0) is 48.1 Å². The number of methoxy groups -OCH3 is 1. The topological polar surface area (TPSA) is 57.4 Å². The molecule has 0 saturated carbocycles. The number of benzene rings is 2. The first-order valence-corrected chi connectivity index (χ1v) is 8.98. The molecule has 1 atom stereocenters. The highest BCUT2D eigenvalue weighted by atomic mass is 16.5. The van der Waals surface area contributed by atoms with Crippen LogP contribution in [0.4, 0.5) is 5.69 Å². The number of carbonyl (C=O) groups excluding carboxylic acids is 1. The fourth-order valence-electron chi connectivity index (χ4n) is 3.64. The number of H-pyrrole nitrogens is 1. The third-order valence-corrected chi connectivity index (χ3v) is 5.08. The van der Waals surface area contributed by atoms with E-state index in [1.807, 2.05) is 48.7 Å². The molecular weight excluding hydrogens is 326 g/mol. The predicted molar refractivity (Wildman–Crippen MR) is 104 cm³/mol. The van der Waals surface area contributed by atoms with Crippen molar-refractivity contribution >= 4 is 22.5 Å². The number of carbonyl (C=O) groups is 1. The van der Waals surface area contributed by atoms with Crippen LogP contribution in [0.3, 0.4) is 0 Å². The summed E-state index contributed by atoms with van der Waals surface area (Å²) < 4.78 is 5.46. The summed E-state index contributed by atoms with van der Waals surface area (Å²) in [6.45, 7) is 2.60. The van der Waals surface area contributed by atoms with Crippen LogP contribution in [0, 0.1) is 5.92 Å². The molecule has 3 aromatic rings. The fourth-order valence-corrected chi connectivity index (χ4v) is 3.64. The molecule has 1 aromatic heterocycles. The lowest BCUT2D eigenvalue weighted by atomic mass is 10.1. The van der Waals surface area contributed by atoms with E-state index in [9.17, 15) is 4.79 Å². The largest absolute Gasteiger partial charge is 0.495 e. The van der Waals surface area contributed by atoms with E-state index in [-0.39, 0.29) is 5.91 Å². The molecule has 5 nitrogen and oxygen atoms in total. The second-order valence-electron chi connectivity index (χ2n) is 6.76. The Labute approximate surface area is 153 Å². The molecule has 0 radical (unpaired) electrons. The van der Waals surface area contributed by atoms with Gasteiger partial charge in [0.15, 0.2) is 0 Å². The lowest BCUT2D eigenvalue weighted by molar-refractivity contribution is 0.0948. The molecule has 4 rings (SSSR count). The van der Waals surface area contributed by atoms with Crippen LogP contribution in [-0.4, -0.2) is 37.6 Å². The minimum Gasteiger partial charge on any atom is -0.495 e. The fraction of sp³-hybridized carbons (Fsp3) is 0.286. The van der Waals surface area contributed by atoms with E-state index in [0.717, 1.165) is 41.9 Å². The smallest absolute Gasteiger partial charge is 0.251 e. The first-order valence-electron chi connectivity index (χ1n) is 8.98. The third kappa shape index (κ3) is 3.25. The van der Waals surface area contributed by atoms with E-state index in [1.165, 1.54) is 0 Å². The summed E-state index contributed by atoms with van der Waals surface area (Å²) in [6.07, 6.45) is 2.95. The monoisotopic (exact) mass is 349 g/mol. The highest BCUT2D eigenvalue weighted by molar-refractivity contribution is 5.97. The van der Waals surface area contributed by atoms with Gasteiger partial charge in [-0.2, -0.15) is 0 Å². The Bertz CT molecular complexity index is 918. The average molecular weight is 349 g/mol. The summed E-state index contributed by atoms with van der Waals surface area (Å²) in [5, 5.41) is 4.20. The van der Waals surface area contributed by atoms with Crippen LogP contribution in [-0.2, 0) is 0 Å². The SMILES string of the molecule is COc1ccccc1N1CC[C@H](CNC(=O)c2ccc3cc[nH]c3c2)C1. The number of amides is 1. The molecule has 0 spiro atoms. The van der Waals surface area contributed by atoms with E-state index in [0.29, 0.717) is 18.0 Å². The van der Waals surface area contributed by atoms with Gasteiger partial charge in [0.25, 0.3) is 5.91 Å². The Balaban J connectivity index is 1.36. The van der Waals surface area contributed by atoms with Gasteiger partial charge in [0.2, 0.25) is 0 Å². The van der Waals surface area contributed by atoms with Crippen molar-refractivity contribution in [1.82, 2.24) is 10.3 Å². The zero-order valence-electron chi connectivity index (χ0n) is 14.9. The minimum absolute atomic E-state index is 0.0164. The van der Waals surface area contributed by atoms with Crippen molar-refractivity contribution in [2.75, 3.05) is 31.6 Å². The molecule has 2 aromatic carbocycles. The number of para-hydroxylation sites is 2. The van der Waals surface area contributed by atoms with Gasteiger partial charge in [0.05, 0.1) is 12.8 Å². The zero-order valence-corrected chi connectivity index (χ0v) is 14.9. The van der Waals surface area contributed by atoms with Crippen molar-refractivity contribution in [2.45, 2.75) is 6.42 Å². The van der Waals surface area contributed by atoms with E-state index in [1.54, 1.807) is 7.11 Å². The summed E-state index contributed by atoms with van der Waals surface area (Å²) in [5.41, 5.74) is 2.81. The van der Waals surface area contributed by atoms with Crippen molar-refractivity contribution in [2.24, 2.45) is 5.92 Å². The Kier molecular flexibility index (Phi) is 4.52. The second-order valence-corrected chi connectivity index (χ2v) is 6.76. The number of nitrogens with zero attached hydrogens (tertiary/aromatic N) is 1. The number of rotatable bonds is 5. The highest BCUT2D eigenvalue weighted by Crippen LogP contribution is 2.31. The first kappa shape index (κ1) is 16.5. The molecule has 5 heteroatoms. The van der Waals surface area contributed by atoms with Gasteiger partial charge < -0.3 is 19.9 Å². The zero-order chi connectivity index (χ0) is 17.9. The summed E-state index contributed by atoms with van der Waals surface area (Å²) in [7, 11) is 1.70. The maximum atomic E-state index is 12.5. The van der Waals surface area contributed by atoms with Crippen molar-refractivity contribution in [3.63, 3.8) is 0 Å². The summed E-state index contributed by atoms with van der Waals surface area (Å²) in [4.78, 5) is 17.9. The van der Waals surface area contributed by atoms with Gasteiger partial charge in [-0.3, -0.25) is 4.79 Å². The lowest BCUT2D eigenvalue weighted by Gasteiger charge is -2.21. The number of fused-ring (bicyclic) bond motifs is 1. The summed E-state index contributed by atoms with van der Waals surface area (Å²) >= 11 is 0. The van der Waals surface area contributed by atoms with Crippen LogP contribution in [0.1, 0.15) is 16.8 Å². The van der Waals surface area contributed by atoms with E-state index in [4.69, 9.17) is 4.74 Å². The standard InChI is InChI=1S/C21H23N3O2/c1-26-20-5-3-2-4-19(20)24-11-9-15(14-24)13-23-21(25)17-7-6-16-8-10-22-18(16)12-17/h2-8,10,12,15,22H,9,11,13-14H2,1H3,(H,23,25)/t15-/m1/s1. The molecule has 2 N–H and O–H groups in total. The molecule has 0 unspecified atom stereocenters. The van der Waals surface area contributed by atoms with Gasteiger partial charge in [-0.25, -0.2) is 0 Å². The maximum Gasteiger partial charge on any atom is 0.251 e. The number of hydrogen-bond donors (Lipinski definition) is 2. The molecule has 2 heterocycles. The van der Waals surface area contributed by atoms with Gasteiger partial charge in [-0.15, -0.1) is 0 Å². The van der Waals surface area contributed by atoms with Crippen LogP contribution < -0.4 is 15.0 Å². The van der Waals surface area contributed by atoms with Crippen molar-refractivity contribution in [3.05, 3.63) is 60.3 Å². The first-order chi connectivity index (χ1) is 12.7. The molecule has 1 aliphatic rings. The van der Waals surface area contributed by atoms with Gasteiger partial charge in [0.1, 0.15) is 5.75 Å². The quantitative estimate of drug-likeness (QED) is 0.742. The van der Waals surface area contributed by atoms with E-state index < -0.39 is 0 Å². The third-order valence-electron chi connectivity index (χ3n) is 5.08. The van der Waals surface area contributed by atoms with Crippen LogP contribution in [0.15, 0.2) is 54.7 Å². The number of nitrogens with one attached hydrogen (secondary N) is 2. The maximum absolute atomic E-state index is 12.5. The van der Waals surface area contributed by atoms with Crippen molar-refractivity contribution in [1.29, 1.82) is 0 Å².